The smallest absolute Gasteiger partial charge is 0.123 e. The van der Waals surface area contributed by atoms with Crippen LogP contribution in [-0.2, 0) is 11.8 Å². The zero-order valence-corrected chi connectivity index (χ0v) is 11.8. The van der Waals surface area contributed by atoms with Crippen LogP contribution in [0.2, 0.25) is 0 Å². The van der Waals surface area contributed by atoms with Crippen LogP contribution >= 0.6 is 0 Å². The highest BCUT2D eigenvalue weighted by Gasteiger charge is 2.48. The molecule has 2 heteroatoms. The third-order valence-corrected chi connectivity index (χ3v) is 4.59. The maximum atomic E-state index is 13.2. The number of nitrogens with two attached hydrogens (primary N) is 1. The summed E-state index contributed by atoms with van der Waals surface area (Å²) in [7, 11) is 0. The molecule has 104 valence electrons. The van der Waals surface area contributed by atoms with Crippen molar-refractivity contribution in [3.05, 3.63) is 71.0 Å². The van der Waals surface area contributed by atoms with Gasteiger partial charge in [-0.3, -0.25) is 0 Å². The van der Waals surface area contributed by atoms with Gasteiger partial charge >= 0.3 is 0 Å². The lowest BCUT2D eigenvalue weighted by Gasteiger charge is -2.24. The van der Waals surface area contributed by atoms with E-state index < -0.39 is 0 Å². The van der Waals surface area contributed by atoms with Crippen LogP contribution < -0.4 is 5.73 Å². The molecule has 1 saturated carbocycles. The molecule has 0 aliphatic heterocycles. The second-order valence-corrected chi connectivity index (χ2v) is 5.90. The third-order valence-electron chi connectivity index (χ3n) is 4.59. The standard InChI is InChI=1S/C18H20FN/c1-13-11-16(19)8-7-14(13)12-17(20)18(9-10-18)15-5-3-2-4-6-15/h2-8,11,17H,9-10,12,20H2,1H3. The van der Waals surface area contributed by atoms with E-state index in [2.05, 4.69) is 24.3 Å². The maximum Gasteiger partial charge on any atom is 0.123 e. The lowest BCUT2D eigenvalue weighted by atomic mass is 9.84. The molecular weight excluding hydrogens is 249 g/mol. The Kier molecular flexibility index (Phi) is 3.35. The van der Waals surface area contributed by atoms with E-state index in [-0.39, 0.29) is 17.3 Å². The fourth-order valence-electron chi connectivity index (χ4n) is 3.10. The molecule has 0 heterocycles. The molecule has 0 spiro atoms. The molecule has 0 saturated heterocycles. The predicted molar refractivity (Wildman–Crippen MR) is 80.2 cm³/mol. The quantitative estimate of drug-likeness (QED) is 0.899. The molecule has 1 fully saturated rings. The predicted octanol–water partition coefficient (Wildman–Crippen LogP) is 3.74. The van der Waals surface area contributed by atoms with Gasteiger partial charge in [0.1, 0.15) is 5.82 Å². The van der Waals surface area contributed by atoms with Crippen LogP contribution in [0.15, 0.2) is 48.5 Å². The average molecular weight is 269 g/mol. The van der Waals surface area contributed by atoms with Crippen LogP contribution in [0.25, 0.3) is 0 Å². The first-order valence-electron chi connectivity index (χ1n) is 7.18. The van der Waals surface area contributed by atoms with Gasteiger partial charge in [0.2, 0.25) is 0 Å². The van der Waals surface area contributed by atoms with Crippen molar-refractivity contribution in [2.24, 2.45) is 5.73 Å². The first-order chi connectivity index (χ1) is 9.62. The molecule has 2 aromatic carbocycles. The van der Waals surface area contributed by atoms with Gasteiger partial charge in [-0.2, -0.15) is 0 Å². The van der Waals surface area contributed by atoms with E-state index in [4.69, 9.17) is 5.73 Å². The normalized spacial score (nSPS) is 17.8. The van der Waals surface area contributed by atoms with Gasteiger partial charge in [-0.05, 0) is 55.0 Å². The van der Waals surface area contributed by atoms with Crippen LogP contribution in [0, 0.1) is 12.7 Å². The molecule has 3 rings (SSSR count). The number of halogens is 1. The summed E-state index contributed by atoms with van der Waals surface area (Å²) in [5.74, 6) is -0.177. The van der Waals surface area contributed by atoms with Gasteiger partial charge in [0.25, 0.3) is 0 Å². The zero-order chi connectivity index (χ0) is 14.2. The second-order valence-electron chi connectivity index (χ2n) is 5.90. The topological polar surface area (TPSA) is 26.0 Å². The highest BCUT2D eigenvalue weighted by molar-refractivity contribution is 5.36. The van der Waals surface area contributed by atoms with Gasteiger partial charge in [0, 0.05) is 11.5 Å². The summed E-state index contributed by atoms with van der Waals surface area (Å²) >= 11 is 0. The maximum absolute atomic E-state index is 13.2. The van der Waals surface area contributed by atoms with Crippen LogP contribution in [0.1, 0.15) is 29.5 Å². The van der Waals surface area contributed by atoms with Crippen molar-refractivity contribution in [1.29, 1.82) is 0 Å². The van der Waals surface area contributed by atoms with Crippen molar-refractivity contribution in [1.82, 2.24) is 0 Å². The number of aryl methyl sites for hydroxylation is 1. The summed E-state index contributed by atoms with van der Waals surface area (Å²) in [6.45, 7) is 1.95. The highest BCUT2D eigenvalue weighted by Crippen LogP contribution is 2.51. The summed E-state index contributed by atoms with van der Waals surface area (Å²) in [6, 6.07) is 15.6. The molecule has 1 aliphatic rings. The van der Waals surface area contributed by atoms with Gasteiger partial charge in [-0.15, -0.1) is 0 Å². The van der Waals surface area contributed by atoms with Crippen LogP contribution in [0.4, 0.5) is 4.39 Å². The summed E-state index contributed by atoms with van der Waals surface area (Å²) in [6.07, 6.45) is 3.11. The number of hydrogen-bond acceptors (Lipinski definition) is 1. The molecule has 1 atom stereocenters. The minimum absolute atomic E-state index is 0.0917. The highest BCUT2D eigenvalue weighted by atomic mass is 19.1. The van der Waals surface area contributed by atoms with Crippen molar-refractivity contribution in [3.8, 4) is 0 Å². The Labute approximate surface area is 119 Å². The number of hydrogen-bond donors (Lipinski definition) is 1. The molecule has 1 aliphatic carbocycles. The van der Waals surface area contributed by atoms with E-state index in [1.807, 2.05) is 19.1 Å². The van der Waals surface area contributed by atoms with E-state index in [0.717, 1.165) is 30.4 Å². The Balaban J connectivity index is 1.81. The van der Waals surface area contributed by atoms with E-state index in [9.17, 15) is 4.39 Å². The Morgan fingerprint density at radius 1 is 1.15 bits per heavy atom. The van der Waals surface area contributed by atoms with Gasteiger partial charge in [-0.1, -0.05) is 36.4 Å². The molecule has 0 radical (unpaired) electrons. The van der Waals surface area contributed by atoms with Crippen molar-refractivity contribution in [2.75, 3.05) is 0 Å². The van der Waals surface area contributed by atoms with Gasteiger partial charge in [0.15, 0.2) is 0 Å². The Morgan fingerprint density at radius 3 is 2.45 bits per heavy atom. The third kappa shape index (κ3) is 2.36. The number of benzene rings is 2. The van der Waals surface area contributed by atoms with Crippen molar-refractivity contribution in [2.45, 2.75) is 37.6 Å². The second kappa shape index (κ2) is 5.02. The fraction of sp³-hybridized carbons (Fsp3) is 0.333. The van der Waals surface area contributed by atoms with Gasteiger partial charge in [-0.25, -0.2) is 4.39 Å². The molecule has 20 heavy (non-hydrogen) atoms. The fourth-order valence-corrected chi connectivity index (χ4v) is 3.10. The van der Waals surface area contributed by atoms with E-state index >= 15 is 0 Å². The SMILES string of the molecule is Cc1cc(F)ccc1CC(N)C1(c2ccccc2)CC1. The van der Waals surface area contributed by atoms with E-state index in [1.165, 1.54) is 11.6 Å². The van der Waals surface area contributed by atoms with Gasteiger partial charge < -0.3 is 5.73 Å². The molecule has 2 aromatic rings. The van der Waals surface area contributed by atoms with Crippen molar-refractivity contribution >= 4 is 0 Å². The van der Waals surface area contributed by atoms with E-state index in [1.54, 1.807) is 6.07 Å². The van der Waals surface area contributed by atoms with Crippen LogP contribution in [0.3, 0.4) is 0 Å². The minimum Gasteiger partial charge on any atom is -0.327 e. The monoisotopic (exact) mass is 269 g/mol. The molecule has 1 nitrogen and oxygen atoms in total. The molecule has 2 N–H and O–H groups in total. The Morgan fingerprint density at radius 2 is 1.85 bits per heavy atom. The summed E-state index contributed by atoms with van der Waals surface area (Å²) < 4.78 is 13.2. The van der Waals surface area contributed by atoms with E-state index in [0.29, 0.717) is 0 Å². The minimum atomic E-state index is -0.177. The largest absolute Gasteiger partial charge is 0.327 e. The average Bonchev–Trinajstić information content (AvgIpc) is 3.24. The lowest BCUT2D eigenvalue weighted by Crippen LogP contribution is -2.37. The van der Waals surface area contributed by atoms with Crippen LogP contribution in [0.5, 0.6) is 0 Å². The lowest BCUT2D eigenvalue weighted by molar-refractivity contribution is 0.512. The van der Waals surface area contributed by atoms with Crippen molar-refractivity contribution in [3.63, 3.8) is 0 Å². The Bertz CT molecular complexity index is 602. The molecule has 0 aromatic heterocycles. The first-order valence-corrected chi connectivity index (χ1v) is 7.18. The summed E-state index contributed by atoms with van der Waals surface area (Å²) in [5.41, 5.74) is 10.1. The Hall–Kier alpha value is -1.67. The summed E-state index contributed by atoms with van der Waals surface area (Å²) in [5, 5.41) is 0. The molecule has 0 bridgehead atoms. The molecule has 0 amide bonds. The van der Waals surface area contributed by atoms with Gasteiger partial charge in [0.05, 0.1) is 0 Å². The number of rotatable bonds is 4. The van der Waals surface area contributed by atoms with Crippen LogP contribution in [-0.4, -0.2) is 6.04 Å². The van der Waals surface area contributed by atoms with Crippen molar-refractivity contribution < 1.29 is 4.39 Å². The summed E-state index contributed by atoms with van der Waals surface area (Å²) in [4.78, 5) is 0. The molecular formula is C18H20FN. The zero-order valence-electron chi connectivity index (χ0n) is 11.8. The first kappa shape index (κ1) is 13.3. The molecule has 1 unspecified atom stereocenters.